The second kappa shape index (κ2) is 6.02. The molecular weight excluding hydrogens is 393 g/mol. The average molecular weight is 403 g/mol. The molecule has 2 aliphatic rings. The van der Waals surface area contributed by atoms with Crippen LogP contribution in [0.25, 0.3) is 0 Å². The summed E-state index contributed by atoms with van der Waals surface area (Å²) in [5.74, 6) is -3.03. The zero-order valence-electron chi connectivity index (χ0n) is 13.2. The number of anilines is 1. The van der Waals surface area contributed by atoms with Crippen LogP contribution in [0, 0.1) is 0 Å². The Balaban J connectivity index is 1.54. The summed E-state index contributed by atoms with van der Waals surface area (Å²) in [5, 5.41) is 4.10. The van der Waals surface area contributed by atoms with Crippen LogP contribution in [0.3, 0.4) is 0 Å². The number of halogens is 4. The van der Waals surface area contributed by atoms with E-state index >= 15 is 0 Å². The Hall–Kier alpha value is -3.01. The first-order valence-electron chi connectivity index (χ1n) is 7.49. The molecule has 0 saturated carbocycles. The smallest absolute Gasteiger partial charge is 0.454 e. The Morgan fingerprint density at radius 1 is 1.00 bits per heavy atom. The summed E-state index contributed by atoms with van der Waals surface area (Å²) in [6.45, 7) is 0.0185. The lowest BCUT2D eigenvalue weighted by molar-refractivity contribution is -0.317. The molecular formula is C16H10ClF3N2O5. The molecule has 7 nitrogen and oxygen atoms in total. The van der Waals surface area contributed by atoms with Gasteiger partial charge in [0, 0.05) is 22.8 Å². The molecule has 2 amide bonds. The third-order valence-electron chi connectivity index (χ3n) is 3.69. The fourth-order valence-electron chi connectivity index (χ4n) is 2.50. The highest BCUT2D eigenvalue weighted by molar-refractivity contribution is 6.30. The molecule has 4 rings (SSSR count). The minimum absolute atomic E-state index is 0.0185. The number of urea groups is 1. The minimum atomic E-state index is -5.08. The van der Waals surface area contributed by atoms with E-state index in [1.165, 1.54) is 30.3 Å². The topological polar surface area (TPSA) is 78.1 Å². The zero-order chi connectivity index (χ0) is 19.2. The second-order valence-electron chi connectivity index (χ2n) is 5.56. The molecule has 2 N–H and O–H groups in total. The largest absolute Gasteiger partial charge is 0.492 e. The number of carbonyl (C=O) groups is 1. The van der Waals surface area contributed by atoms with Crippen molar-refractivity contribution in [2.45, 2.75) is 12.1 Å². The summed E-state index contributed by atoms with van der Waals surface area (Å²) >= 11 is 5.75. The van der Waals surface area contributed by atoms with Gasteiger partial charge < -0.3 is 24.3 Å². The Bertz CT molecular complexity index is 923. The summed E-state index contributed by atoms with van der Waals surface area (Å²) in [5.41, 5.74) is 0.188. The van der Waals surface area contributed by atoms with Crippen molar-refractivity contribution >= 4 is 23.3 Å². The van der Waals surface area contributed by atoms with Crippen molar-refractivity contribution in [1.29, 1.82) is 0 Å². The normalized spacial score (nSPS) is 19.7. The summed E-state index contributed by atoms with van der Waals surface area (Å²) in [7, 11) is 0. The maximum Gasteiger partial charge on any atom is 0.492 e. The Kier molecular flexibility index (Phi) is 3.88. The van der Waals surface area contributed by atoms with Crippen molar-refractivity contribution in [1.82, 2.24) is 5.32 Å². The Morgan fingerprint density at radius 2 is 1.70 bits per heavy atom. The van der Waals surface area contributed by atoms with Crippen molar-refractivity contribution in [3.8, 4) is 23.0 Å². The van der Waals surface area contributed by atoms with Gasteiger partial charge in [-0.15, -0.1) is 0 Å². The minimum Gasteiger partial charge on any atom is -0.454 e. The monoisotopic (exact) mass is 402 g/mol. The highest BCUT2D eigenvalue weighted by atomic mass is 35.5. The van der Waals surface area contributed by atoms with Gasteiger partial charge >= 0.3 is 18.1 Å². The molecule has 0 saturated heterocycles. The van der Waals surface area contributed by atoms with Crippen LogP contribution in [-0.4, -0.2) is 24.9 Å². The molecule has 0 bridgehead atoms. The second-order valence-corrected chi connectivity index (χ2v) is 5.99. The van der Waals surface area contributed by atoms with Crippen LogP contribution < -0.4 is 29.6 Å². The van der Waals surface area contributed by atoms with Gasteiger partial charge in [0.05, 0.1) is 0 Å². The summed E-state index contributed by atoms with van der Waals surface area (Å²) in [4.78, 5) is 12.2. The van der Waals surface area contributed by atoms with Crippen molar-refractivity contribution < 1.29 is 36.9 Å². The molecule has 0 aromatic heterocycles. The number of rotatable bonds is 2. The lowest BCUT2D eigenvalue weighted by Crippen LogP contribution is -2.65. The van der Waals surface area contributed by atoms with Crippen LogP contribution in [0.5, 0.6) is 23.0 Å². The Morgan fingerprint density at radius 3 is 2.48 bits per heavy atom. The standard InChI is InChI=1S/C16H10ClF3N2O5/c17-8-1-3-11-13(5-8)27-16(26-11,15(18,19)20)22-14(23)21-9-2-4-10-12(6-9)25-7-24-10/h1-6H,7H2,(H2,21,22,23). The van der Waals surface area contributed by atoms with E-state index in [2.05, 4.69) is 5.32 Å². The van der Waals surface area contributed by atoms with Gasteiger partial charge in [-0.05, 0) is 24.3 Å². The molecule has 0 spiro atoms. The van der Waals surface area contributed by atoms with E-state index < -0.39 is 18.1 Å². The highest BCUT2D eigenvalue weighted by Gasteiger charge is 2.65. The molecule has 2 heterocycles. The van der Waals surface area contributed by atoms with E-state index in [0.717, 1.165) is 6.07 Å². The molecule has 27 heavy (non-hydrogen) atoms. The van der Waals surface area contributed by atoms with Gasteiger partial charge in [0.25, 0.3) is 0 Å². The number of alkyl halides is 3. The van der Waals surface area contributed by atoms with Crippen molar-refractivity contribution in [2.24, 2.45) is 0 Å². The van der Waals surface area contributed by atoms with Crippen LogP contribution in [0.1, 0.15) is 0 Å². The first-order chi connectivity index (χ1) is 12.8. The first-order valence-corrected chi connectivity index (χ1v) is 7.87. The van der Waals surface area contributed by atoms with E-state index in [9.17, 15) is 18.0 Å². The number of benzene rings is 2. The van der Waals surface area contributed by atoms with Gasteiger partial charge in [-0.25, -0.2) is 4.79 Å². The summed E-state index contributed by atoms with van der Waals surface area (Å²) < 4.78 is 60.8. The molecule has 1 atom stereocenters. The molecule has 0 radical (unpaired) electrons. The van der Waals surface area contributed by atoms with E-state index in [-0.39, 0.29) is 29.0 Å². The van der Waals surface area contributed by atoms with Crippen molar-refractivity contribution in [2.75, 3.05) is 12.1 Å². The summed E-state index contributed by atoms with van der Waals surface area (Å²) in [6.07, 6.45) is -5.08. The average Bonchev–Trinajstić information content (AvgIpc) is 3.17. The van der Waals surface area contributed by atoms with Gasteiger partial charge in [0.1, 0.15) is 0 Å². The van der Waals surface area contributed by atoms with Gasteiger partial charge in [-0.2, -0.15) is 13.2 Å². The lowest BCUT2D eigenvalue weighted by atomic mass is 10.3. The number of ether oxygens (including phenoxy) is 4. The van der Waals surface area contributed by atoms with Crippen molar-refractivity contribution in [3.05, 3.63) is 41.4 Å². The SMILES string of the molecule is O=C(Nc1ccc2c(c1)OCO2)NC1(C(F)(F)F)Oc2ccc(Cl)cc2O1. The quantitative estimate of drug-likeness (QED) is 0.797. The lowest BCUT2D eigenvalue weighted by Gasteiger charge is -2.29. The van der Waals surface area contributed by atoms with Gasteiger partial charge in [0.15, 0.2) is 23.0 Å². The fourth-order valence-corrected chi connectivity index (χ4v) is 2.66. The number of nitrogens with one attached hydrogen (secondary N) is 2. The van der Waals surface area contributed by atoms with Gasteiger partial charge in [0.2, 0.25) is 6.79 Å². The number of carbonyl (C=O) groups excluding carboxylic acids is 1. The third-order valence-corrected chi connectivity index (χ3v) is 3.93. The van der Waals surface area contributed by atoms with Crippen LogP contribution in [-0.2, 0) is 0 Å². The zero-order valence-corrected chi connectivity index (χ0v) is 14.0. The maximum absolute atomic E-state index is 13.6. The molecule has 2 aromatic carbocycles. The van der Waals surface area contributed by atoms with Crippen molar-refractivity contribution in [3.63, 3.8) is 0 Å². The molecule has 0 aliphatic carbocycles. The molecule has 142 valence electrons. The van der Waals surface area contributed by atoms with Crippen LogP contribution in [0.2, 0.25) is 5.02 Å². The van der Waals surface area contributed by atoms with Crippen LogP contribution in [0.4, 0.5) is 23.7 Å². The number of amides is 2. The predicted molar refractivity (Wildman–Crippen MR) is 86.2 cm³/mol. The molecule has 0 fully saturated rings. The predicted octanol–water partition coefficient (Wildman–Crippen LogP) is 3.88. The highest BCUT2D eigenvalue weighted by Crippen LogP contribution is 2.46. The molecule has 2 aliphatic heterocycles. The summed E-state index contributed by atoms with van der Waals surface area (Å²) in [6, 6.07) is 6.86. The molecule has 11 heteroatoms. The number of hydrogen-bond donors (Lipinski definition) is 2. The van der Waals surface area contributed by atoms with Gasteiger partial charge in [-0.1, -0.05) is 11.6 Å². The number of hydrogen-bond acceptors (Lipinski definition) is 5. The third kappa shape index (κ3) is 3.12. The molecule has 1 unspecified atom stereocenters. The van der Waals surface area contributed by atoms with Crippen LogP contribution >= 0.6 is 11.6 Å². The number of fused-ring (bicyclic) bond motifs is 2. The fraction of sp³-hybridized carbons (Fsp3) is 0.188. The van der Waals surface area contributed by atoms with Crippen LogP contribution in [0.15, 0.2) is 36.4 Å². The maximum atomic E-state index is 13.6. The van der Waals surface area contributed by atoms with E-state index in [1.807, 2.05) is 0 Å². The van der Waals surface area contributed by atoms with E-state index in [0.29, 0.717) is 11.5 Å². The molecule has 2 aromatic rings. The Labute approximate surface area is 154 Å². The van der Waals surface area contributed by atoms with E-state index in [4.69, 9.17) is 30.5 Å². The van der Waals surface area contributed by atoms with E-state index in [1.54, 1.807) is 5.32 Å². The van der Waals surface area contributed by atoms with Gasteiger partial charge in [-0.3, -0.25) is 5.32 Å². The first kappa shape index (κ1) is 17.4.